The van der Waals surface area contributed by atoms with Gasteiger partial charge in [0.25, 0.3) is 5.91 Å². The summed E-state index contributed by atoms with van der Waals surface area (Å²) in [5.41, 5.74) is 2.47. The molecule has 0 fully saturated rings. The van der Waals surface area contributed by atoms with Gasteiger partial charge in [-0.3, -0.25) is 9.59 Å². The average molecular weight is 327 g/mol. The van der Waals surface area contributed by atoms with E-state index in [-0.39, 0.29) is 22.9 Å². The molecule has 1 aliphatic carbocycles. The summed E-state index contributed by atoms with van der Waals surface area (Å²) in [6, 6.07) is 1.26. The van der Waals surface area contributed by atoms with Gasteiger partial charge >= 0.3 is 0 Å². The Morgan fingerprint density at radius 3 is 2.92 bits per heavy atom. The van der Waals surface area contributed by atoms with Crippen LogP contribution in [0.5, 0.6) is 0 Å². The molecule has 2 aromatic heterocycles. The lowest BCUT2D eigenvalue weighted by Crippen LogP contribution is -2.34. The highest BCUT2D eigenvalue weighted by molar-refractivity contribution is 5.94. The lowest BCUT2D eigenvalue weighted by atomic mass is 9.92. The van der Waals surface area contributed by atoms with Crippen LogP contribution in [0.25, 0.3) is 0 Å². The molecule has 2 aromatic rings. The molecule has 7 nitrogen and oxygen atoms in total. The van der Waals surface area contributed by atoms with E-state index < -0.39 is 0 Å². The minimum absolute atomic E-state index is 0.124. The summed E-state index contributed by atoms with van der Waals surface area (Å²) in [6.45, 7) is 1.78. The summed E-state index contributed by atoms with van der Waals surface area (Å²) in [6.07, 6.45) is 5.86. The van der Waals surface area contributed by atoms with E-state index in [2.05, 4.69) is 20.3 Å². The van der Waals surface area contributed by atoms with Crippen molar-refractivity contribution in [2.45, 2.75) is 32.2 Å². The molecule has 0 saturated heterocycles. The fourth-order valence-electron chi connectivity index (χ4n) is 2.89. The van der Waals surface area contributed by atoms with Gasteiger partial charge in [-0.1, -0.05) is 0 Å². The highest BCUT2D eigenvalue weighted by atomic mass is 16.2. The number of aromatic amines is 1. The smallest absolute Gasteiger partial charge is 0.257 e. The predicted octanol–water partition coefficient (Wildman–Crippen LogP) is 1.35. The maximum Gasteiger partial charge on any atom is 0.257 e. The zero-order chi connectivity index (χ0) is 17.3. The van der Waals surface area contributed by atoms with Crippen molar-refractivity contribution in [2.75, 3.05) is 19.0 Å². The van der Waals surface area contributed by atoms with E-state index in [1.54, 1.807) is 13.1 Å². The Kier molecular flexibility index (Phi) is 4.33. The monoisotopic (exact) mass is 327 g/mol. The number of carbonyl (C=O) groups excluding carboxylic acids is 1. The van der Waals surface area contributed by atoms with Crippen molar-refractivity contribution in [1.29, 1.82) is 0 Å². The van der Waals surface area contributed by atoms with Crippen LogP contribution in [0, 0.1) is 6.92 Å². The molecule has 0 saturated carbocycles. The number of nitrogens with one attached hydrogen (secondary N) is 2. The summed E-state index contributed by atoms with van der Waals surface area (Å²) in [7, 11) is 3.79. The number of amides is 1. The van der Waals surface area contributed by atoms with Crippen molar-refractivity contribution in [1.82, 2.24) is 20.3 Å². The maximum atomic E-state index is 12.4. The first-order valence-electron chi connectivity index (χ1n) is 7.99. The first kappa shape index (κ1) is 16.2. The van der Waals surface area contributed by atoms with Crippen LogP contribution in [0.2, 0.25) is 0 Å². The molecule has 0 aliphatic heterocycles. The van der Waals surface area contributed by atoms with Gasteiger partial charge in [0.2, 0.25) is 5.95 Å². The van der Waals surface area contributed by atoms with Crippen LogP contribution in [-0.2, 0) is 6.42 Å². The van der Waals surface area contributed by atoms with Gasteiger partial charge in [-0.05, 0) is 26.2 Å². The number of nitrogens with zero attached hydrogens (tertiary/aromatic N) is 3. The maximum absolute atomic E-state index is 12.4. The highest BCUT2D eigenvalue weighted by Crippen LogP contribution is 2.29. The molecule has 0 aromatic carbocycles. The number of H-pyrrole nitrogens is 1. The average Bonchev–Trinajstić information content (AvgIpc) is 2.54. The van der Waals surface area contributed by atoms with Crippen molar-refractivity contribution in [3.8, 4) is 0 Å². The zero-order valence-corrected chi connectivity index (χ0v) is 14.1. The van der Waals surface area contributed by atoms with E-state index in [9.17, 15) is 9.59 Å². The Morgan fingerprint density at radius 1 is 1.42 bits per heavy atom. The lowest BCUT2D eigenvalue weighted by Gasteiger charge is -2.26. The number of fused-ring (bicyclic) bond motifs is 1. The van der Waals surface area contributed by atoms with Gasteiger partial charge in [0, 0.05) is 43.8 Å². The summed E-state index contributed by atoms with van der Waals surface area (Å²) >= 11 is 0. The molecular weight excluding hydrogens is 306 g/mol. The van der Waals surface area contributed by atoms with Gasteiger partial charge in [-0.25, -0.2) is 9.97 Å². The molecule has 0 radical (unpaired) electrons. The molecule has 3 rings (SSSR count). The topological polar surface area (TPSA) is 91.0 Å². The number of anilines is 1. The van der Waals surface area contributed by atoms with E-state index >= 15 is 0 Å². The first-order chi connectivity index (χ1) is 11.5. The molecule has 1 amide bonds. The second kappa shape index (κ2) is 6.43. The molecule has 126 valence electrons. The summed E-state index contributed by atoms with van der Waals surface area (Å²) in [5.74, 6) is 0.293. The molecule has 24 heavy (non-hydrogen) atoms. The number of aromatic nitrogens is 3. The highest BCUT2D eigenvalue weighted by Gasteiger charge is 2.25. The summed E-state index contributed by atoms with van der Waals surface area (Å²) in [5, 5.41) is 2.95. The number of hydrogen-bond donors (Lipinski definition) is 2. The molecule has 0 bridgehead atoms. The first-order valence-corrected chi connectivity index (χ1v) is 7.99. The van der Waals surface area contributed by atoms with E-state index in [1.807, 2.05) is 19.0 Å². The SMILES string of the molecule is Cc1cc(=O)c(C(=O)NC2CCCc3nc(N(C)C)ncc32)c[nH]1. The molecule has 1 atom stereocenters. The third-order valence-electron chi connectivity index (χ3n) is 4.18. The van der Waals surface area contributed by atoms with Gasteiger partial charge in [0.15, 0.2) is 5.43 Å². The van der Waals surface area contributed by atoms with Gasteiger partial charge in [-0.2, -0.15) is 0 Å². The standard InChI is InChI=1S/C17H21N5O2/c1-10-7-15(23)12(9-18-10)16(24)20-13-5-4-6-14-11(13)8-19-17(21-14)22(2)3/h7-9,13H,4-6H2,1-3H3,(H,18,23)(H,20,24). The van der Waals surface area contributed by atoms with Crippen LogP contribution in [0.3, 0.4) is 0 Å². The molecule has 2 heterocycles. The quantitative estimate of drug-likeness (QED) is 0.888. The van der Waals surface area contributed by atoms with Crippen LogP contribution in [0.4, 0.5) is 5.95 Å². The van der Waals surface area contributed by atoms with Gasteiger partial charge in [0.05, 0.1) is 11.7 Å². The van der Waals surface area contributed by atoms with E-state index in [0.717, 1.165) is 36.2 Å². The number of aryl methyl sites for hydroxylation is 2. The van der Waals surface area contributed by atoms with Crippen molar-refractivity contribution in [2.24, 2.45) is 0 Å². The molecular formula is C17H21N5O2. The number of carbonyl (C=O) groups is 1. The summed E-state index contributed by atoms with van der Waals surface area (Å²) in [4.78, 5) is 38.1. The van der Waals surface area contributed by atoms with E-state index in [1.165, 1.54) is 12.3 Å². The zero-order valence-electron chi connectivity index (χ0n) is 14.1. The van der Waals surface area contributed by atoms with Crippen molar-refractivity contribution < 1.29 is 4.79 Å². The van der Waals surface area contributed by atoms with Crippen LogP contribution < -0.4 is 15.6 Å². The minimum Gasteiger partial charge on any atom is -0.364 e. The lowest BCUT2D eigenvalue weighted by molar-refractivity contribution is 0.0931. The minimum atomic E-state index is -0.370. The Labute approximate surface area is 140 Å². The molecule has 0 spiro atoms. The number of pyridine rings is 1. The molecule has 7 heteroatoms. The third-order valence-corrected chi connectivity index (χ3v) is 4.18. The van der Waals surface area contributed by atoms with Crippen LogP contribution in [-0.4, -0.2) is 35.0 Å². The third kappa shape index (κ3) is 3.15. The Hall–Kier alpha value is -2.70. The fraction of sp³-hybridized carbons (Fsp3) is 0.412. The van der Waals surface area contributed by atoms with Crippen molar-refractivity contribution in [3.05, 3.63) is 51.2 Å². The predicted molar refractivity (Wildman–Crippen MR) is 91.3 cm³/mol. The Morgan fingerprint density at radius 2 is 2.21 bits per heavy atom. The van der Waals surface area contributed by atoms with Crippen LogP contribution in [0.1, 0.15) is 46.2 Å². The van der Waals surface area contributed by atoms with Crippen molar-refractivity contribution in [3.63, 3.8) is 0 Å². The molecule has 1 aliphatic rings. The van der Waals surface area contributed by atoms with Crippen LogP contribution in [0.15, 0.2) is 23.3 Å². The number of hydrogen-bond acceptors (Lipinski definition) is 5. The van der Waals surface area contributed by atoms with Crippen LogP contribution >= 0.6 is 0 Å². The second-order valence-corrected chi connectivity index (χ2v) is 6.28. The van der Waals surface area contributed by atoms with Gasteiger partial charge < -0.3 is 15.2 Å². The summed E-state index contributed by atoms with van der Waals surface area (Å²) < 4.78 is 0. The Bertz CT molecular complexity index is 828. The van der Waals surface area contributed by atoms with Crippen molar-refractivity contribution >= 4 is 11.9 Å². The van der Waals surface area contributed by atoms with Gasteiger partial charge in [-0.15, -0.1) is 0 Å². The second-order valence-electron chi connectivity index (χ2n) is 6.28. The Balaban J connectivity index is 1.84. The largest absolute Gasteiger partial charge is 0.364 e. The fourth-order valence-corrected chi connectivity index (χ4v) is 2.89. The van der Waals surface area contributed by atoms with Gasteiger partial charge in [0.1, 0.15) is 5.56 Å². The number of rotatable bonds is 3. The molecule has 1 unspecified atom stereocenters. The van der Waals surface area contributed by atoms with E-state index in [0.29, 0.717) is 5.95 Å². The molecule has 2 N–H and O–H groups in total. The normalized spacial score (nSPS) is 16.4. The van der Waals surface area contributed by atoms with E-state index in [4.69, 9.17) is 0 Å².